The van der Waals surface area contributed by atoms with Gasteiger partial charge in [-0.1, -0.05) is 33.6 Å². The van der Waals surface area contributed by atoms with Crippen molar-refractivity contribution in [1.82, 2.24) is 31.1 Å². The van der Waals surface area contributed by atoms with Crippen LogP contribution in [0.25, 0.3) is 0 Å². The zero-order valence-electron chi connectivity index (χ0n) is 43.3. The fourth-order valence-corrected chi connectivity index (χ4v) is 9.13. The minimum absolute atomic E-state index is 0.0184. The molecule has 2 fully saturated rings. The number of unbranched alkanes of at least 4 members (excludes halogenated alkanes) is 2. The second-order valence-electron chi connectivity index (χ2n) is 20.6. The molecular weight excluding hydrogens is 877 g/mol. The van der Waals surface area contributed by atoms with Crippen LogP contribution < -0.4 is 21.3 Å². The Bertz CT molecular complexity index is 1740. The van der Waals surface area contributed by atoms with Crippen molar-refractivity contribution in [2.75, 3.05) is 26.2 Å². The predicted molar refractivity (Wildman–Crippen MR) is 258 cm³/mol. The van der Waals surface area contributed by atoms with Crippen molar-refractivity contribution >= 4 is 52.9 Å². The number of hydrogen-bond donors (Lipinski definition) is 5. The van der Waals surface area contributed by atoms with E-state index >= 15 is 0 Å². The molecule has 388 valence electrons. The maximum atomic E-state index is 14.4. The molecule has 0 saturated carbocycles. The Labute approximate surface area is 405 Å². The molecule has 18 heteroatoms. The second-order valence-corrected chi connectivity index (χ2v) is 20.6. The van der Waals surface area contributed by atoms with E-state index in [2.05, 4.69) is 21.3 Å². The van der Waals surface area contributed by atoms with Gasteiger partial charge in [-0.3, -0.25) is 59.1 Å². The third-order valence-electron chi connectivity index (χ3n) is 12.9. The molecule has 0 aromatic rings. The highest BCUT2D eigenvalue weighted by Gasteiger charge is 2.42. The smallest absolute Gasteiger partial charge is 0.320 e. The summed E-state index contributed by atoms with van der Waals surface area (Å²) in [5.41, 5.74) is -3.34. The maximum absolute atomic E-state index is 14.4. The van der Waals surface area contributed by atoms with Gasteiger partial charge in [0.2, 0.25) is 11.8 Å². The number of aliphatic carboxylic acids is 1. The first-order valence-corrected chi connectivity index (χ1v) is 25.1. The molecule has 2 amide bonds. The van der Waals surface area contributed by atoms with Crippen LogP contribution in [-0.2, 0) is 52.6 Å². The monoisotopic (exact) mass is 963 g/mol. The molecule has 0 aromatic heterocycles. The Morgan fingerprint density at radius 2 is 1.09 bits per heavy atom. The van der Waals surface area contributed by atoms with E-state index in [4.69, 9.17) is 9.47 Å². The molecule has 2 aliphatic rings. The van der Waals surface area contributed by atoms with Gasteiger partial charge in [0, 0.05) is 39.8 Å². The van der Waals surface area contributed by atoms with E-state index in [0.717, 1.165) is 6.42 Å². The first-order chi connectivity index (χ1) is 31.7. The van der Waals surface area contributed by atoms with Crippen LogP contribution in [0.3, 0.4) is 0 Å². The Morgan fingerprint density at radius 3 is 1.51 bits per heavy atom. The number of carbonyl (C=O) groups is 9. The van der Waals surface area contributed by atoms with Crippen LogP contribution in [0.4, 0.5) is 0 Å². The maximum Gasteiger partial charge on any atom is 0.320 e. The topological polar surface area (TPSA) is 247 Å². The van der Waals surface area contributed by atoms with Crippen molar-refractivity contribution in [2.45, 2.75) is 238 Å². The van der Waals surface area contributed by atoms with Crippen LogP contribution in [-0.4, -0.2) is 153 Å². The van der Waals surface area contributed by atoms with Crippen LogP contribution in [0.5, 0.6) is 0 Å². The molecular formula is C50H86N6O12. The third kappa shape index (κ3) is 19.0. The number of ketones is 4. The van der Waals surface area contributed by atoms with Gasteiger partial charge in [0.1, 0.15) is 11.6 Å². The van der Waals surface area contributed by atoms with Gasteiger partial charge in [-0.25, -0.2) is 0 Å². The number of esters is 2. The number of rotatable bonds is 32. The van der Waals surface area contributed by atoms with Gasteiger partial charge >= 0.3 is 17.9 Å². The minimum Gasteiger partial charge on any atom is -0.480 e. The van der Waals surface area contributed by atoms with Gasteiger partial charge in [-0.15, -0.1) is 0 Å². The lowest BCUT2D eigenvalue weighted by molar-refractivity contribution is -0.155. The van der Waals surface area contributed by atoms with Crippen molar-refractivity contribution in [2.24, 2.45) is 0 Å². The first kappa shape index (κ1) is 60.0. The standard InChI is InChI=1S/C50H86N6O12/c1-13-16-31-67-41(59)26-24-36(52-34(14-2)43(61)39-22-19-29-55(39)32(4)57)45(63)49(9,10)51-28-18-17-21-38(47(65)66)54-50(11,12)46(64)37(25-27-42(60)68-48(6,7)8)53-35(15-3)44(62)40-23-20-30-56(40)33(5)58/h34-40,51-54H,13-31H2,1-12H3,(H,65,66). The molecule has 7 atom stereocenters. The average molecular weight is 963 g/mol. The van der Waals surface area contributed by atoms with Crippen molar-refractivity contribution in [3.05, 3.63) is 0 Å². The summed E-state index contributed by atoms with van der Waals surface area (Å²) in [5.74, 6) is -3.65. The van der Waals surface area contributed by atoms with Crippen molar-refractivity contribution < 1.29 is 57.7 Å². The summed E-state index contributed by atoms with van der Waals surface area (Å²) in [6.45, 7) is 21.8. The molecule has 7 unspecified atom stereocenters. The Balaban J connectivity index is 2.19. The minimum atomic E-state index is -1.44. The number of likely N-dealkylation sites (tertiary alicyclic amines) is 2. The highest BCUT2D eigenvalue weighted by Crippen LogP contribution is 2.24. The molecule has 68 heavy (non-hydrogen) atoms. The van der Waals surface area contributed by atoms with Crippen LogP contribution >= 0.6 is 0 Å². The highest BCUT2D eigenvalue weighted by molar-refractivity contribution is 5.97. The molecule has 0 bridgehead atoms. The van der Waals surface area contributed by atoms with E-state index in [0.29, 0.717) is 77.4 Å². The molecule has 0 aromatic carbocycles. The summed E-state index contributed by atoms with van der Waals surface area (Å²) >= 11 is 0. The number of hydrogen-bond acceptors (Lipinski definition) is 15. The molecule has 2 saturated heterocycles. The Kier molecular flexibility index (Phi) is 24.6. The largest absolute Gasteiger partial charge is 0.480 e. The van der Waals surface area contributed by atoms with Crippen LogP contribution in [0.1, 0.15) is 179 Å². The van der Waals surface area contributed by atoms with E-state index in [1.807, 2.05) is 13.8 Å². The summed E-state index contributed by atoms with van der Waals surface area (Å²) in [4.78, 5) is 122. The number of amides is 2. The summed E-state index contributed by atoms with van der Waals surface area (Å²) in [6, 6.07) is -5.88. The Hall–Kier alpha value is -4.13. The normalized spacial score (nSPS) is 18.9. The molecule has 2 aliphatic heterocycles. The molecule has 5 N–H and O–H groups in total. The molecule has 2 rings (SSSR count). The van der Waals surface area contributed by atoms with Crippen LogP contribution in [0.15, 0.2) is 0 Å². The van der Waals surface area contributed by atoms with E-state index in [-0.39, 0.29) is 67.9 Å². The van der Waals surface area contributed by atoms with E-state index in [1.54, 1.807) is 65.2 Å². The van der Waals surface area contributed by atoms with E-state index < -0.39 is 82.7 Å². The first-order valence-electron chi connectivity index (χ1n) is 25.1. The summed E-state index contributed by atoms with van der Waals surface area (Å²) in [7, 11) is 0. The molecule has 0 spiro atoms. The fourth-order valence-electron chi connectivity index (χ4n) is 9.13. The number of carbonyl (C=O) groups excluding carboxylic acids is 8. The summed E-state index contributed by atoms with van der Waals surface area (Å²) < 4.78 is 10.9. The van der Waals surface area contributed by atoms with E-state index in [1.165, 1.54) is 13.8 Å². The molecule has 18 nitrogen and oxygen atoms in total. The predicted octanol–water partition coefficient (Wildman–Crippen LogP) is 4.36. The number of carboxylic acid groups (broad SMARTS) is 1. The molecule has 2 heterocycles. The highest BCUT2D eigenvalue weighted by atomic mass is 16.6. The number of nitrogens with zero attached hydrogens (tertiary/aromatic N) is 2. The third-order valence-corrected chi connectivity index (χ3v) is 12.9. The number of ether oxygens (including phenoxy) is 2. The lowest BCUT2D eigenvalue weighted by atomic mass is 9.88. The van der Waals surface area contributed by atoms with Gasteiger partial charge in [0.05, 0.1) is 53.9 Å². The van der Waals surface area contributed by atoms with Gasteiger partial charge in [0.15, 0.2) is 23.1 Å². The van der Waals surface area contributed by atoms with Crippen molar-refractivity contribution in [3.8, 4) is 0 Å². The molecule has 0 radical (unpaired) electrons. The van der Waals surface area contributed by atoms with Crippen LogP contribution in [0.2, 0.25) is 0 Å². The quantitative estimate of drug-likeness (QED) is 0.0464. The SMILES string of the molecule is CCCCOC(=O)CCC(NC(CC)C(=O)C1CCCN1C(C)=O)C(=O)C(C)(C)NCCCCC(NC(C)(C)C(=O)C(CCC(=O)OC(C)(C)C)NC(CC)C(=O)C1CCCN1C(C)=O)C(=O)O. The van der Waals surface area contributed by atoms with Gasteiger partial charge < -0.3 is 29.7 Å². The van der Waals surface area contributed by atoms with Crippen molar-refractivity contribution in [1.29, 1.82) is 0 Å². The number of Topliss-reactive ketones (excluding diaryl/α,β-unsaturated/α-hetero) is 4. The zero-order valence-corrected chi connectivity index (χ0v) is 43.3. The lowest BCUT2D eigenvalue weighted by Crippen LogP contribution is -2.61. The number of nitrogens with one attached hydrogen (secondary N) is 4. The van der Waals surface area contributed by atoms with Crippen LogP contribution in [0, 0.1) is 0 Å². The number of carboxylic acids is 1. The average Bonchev–Trinajstić information content (AvgIpc) is 3.96. The van der Waals surface area contributed by atoms with Gasteiger partial charge in [-0.2, -0.15) is 0 Å². The second kappa shape index (κ2) is 27.9. The lowest BCUT2D eigenvalue weighted by Gasteiger charge is -2.35. The van der Waals surface area contributed by atoms with E-state index in [9.17, 15) is 48.3 Å². The van der Waals surface area contributed by atoms with Gasteiger partial charge in [0.25, 0.3) is 0 Å². The van der Waals surface area contributed by atoms with Gasteiger partial charge in [-0.05, 0) is 126 Å². The zero-order chi connectivity index (χ0) is 51.6. The summed E-state index contributed by atoms with van der Waals surface area (Å²) in [6.07, 6.45) is 5.52. The molecule has 0 aliphatic carbocycles. The Morgan fingerprint density at radius 1 is 0.618 bits per heavy atom. The van der Waals surface area contributed by atoms with Crippen molar-refractivity contribution in [3.63, 3.8) is 0 Å². The fraction of sp³-hybridized carbons (Fsp3) is 0.820. The summed E-state index contributed by atoms with van der Waals surface area (Å²) in [5, 5.41) is 23.1.